The molecule has 0 aliphatic heterocycles. The molecule has 3 aromatic rings. The van der Waals surface area contributed by atoms with E-state index >= 15 is 0 Å². The van der Waals surface area contributed by atoms with Gasteiger partial charge in [0.15, 0.2) is 5.76 Å². The zero-order valence-electron chi connectivity index (χ0n) is 16.3. The van der Waals surface area contributed by atoms with Crippen molar-refractivity contribution in [3.63, 3.8) is 0 Å². The van der Waals surface area contributed by atoms with Crippen molar-refractivity contribution >= 4 is 11.8 Å². The number of aryl methyl sites for hydroxylation is 1. The molecule has 2 amide bonds. The van der Waals surface area contributed by atoms with E-state index in [9.17, 15) is 9.59 Å². The average molecular weight is 380 g/mol. The predicted molar refractivity (Wildman–Crippen MR) is 106 cm³/mol. The van der Waals surface area contributed by atoms with Gasteiger partial charge >= 0.3 is 0 Å². The summed E-state index contributed by atoms with van der Waals surface area (Å²) in [5, 5.41) is 2.70. The lowest BCUT2D eigenvalue weighted by atomic mass is 10.1. The number of rotatable bonds is 7. The Morgan fingerprint density at radius 2 is 1.86 bits per heavy atom. The first-order valence-electron chi connectivity index (χ1n) is 9.34. The van der Waals surface area contributed by atoms with Crippen molar-refractivity contribution in [3.05, 3.63) is 71.4 Å². The minimum absolute atomic E-state index is 0.0890. The molecular formula is C22H24N2O4. The highest BCUT2D eigenvalue weighted by atomic mass is 16.4. The first-order valence-corrected chi connectivity index (χ1v) is 9.34. The Morgan fingerprint density at radius 1 is 1.04 bits per heavy atom. The monoisotopic (exact) mass is 380 g/mol. The topological polar surface area (TPSA) is 75.7 Å². The average Bonchev–Trinajstić information content (AvgIpc) is 3.35. The maximum absolute atomic E-state index is 13.0. The highest BCUT2D eigenvalue weighted by Gasteiger charge is 2.18. The molecule has 6 nitrogen and oxygen atoms in total. The van der Waals surface area contributed by atoms with E-state index in [1.165, 1.54) is 0 Å². The van der Waals surface area contributed by atoms with E-state index in [0.717, 1.165) is 17.1 Å². The van der Waals surface area contributed by atoms with Crippen molar-refractivity contribution in [3.8, 4) is 11.3 Å². The van der Waals surface area contributed by atoms with Crippen molar-refractivity contribution in [1.82, 2.24) is 10.2 Å². The van der Waals surface area contributed by atoms with Crippen LogP contribution >= 0.6 is 0 Å². The van der Waals surface area contributed by atoms with Crippen LogP contribution in [0.4, 0.5) is 0 Å². The smallest absolute Gasteiger partial charge is 0.287 e. The number of carbonyl (C=O) groups excluding carboxylic acids is 2. The van der Waals surface area contributed by atoms with Crippen molar-refractivity contribution in [2.75, 3.05) is 13.1 Å². The summed E-state index contributed by atoms with van der Waals surface area (Å²) in [6.07, 6.45) is 0. The molecule has 0 saturated carbocycles. The highest BCUT2D eigenvalue weighted by Crippen LogP contribution is 2.24. The zero-order chi connectivity index (χ0) is 20.1. The van der Waals surface area contributed by atoms with Crippen molar-refractivity contribution < 1.29 is 18.4 Å². The largest absolute Gasteiger partial charge is 0.464 e. The normalized spacial score (nSPS) is 10.7. The van der Waals surface area contributed by atoms with Gasteiger partial charge in [-0.15, -0.1) is 0 Å². The van der Waals surface area contributed by atoms with Crippen LogP contribution in [0.3, 0.4) is 0 Å². The molecule has 6 heteroatoms. The van der Waals surface area contributed by atoms with E-state index < -0.39 is 0 Å². The van der Waals surface area contributed by atoms with Crippen LogP contribution in [0, 0.1) is 6.92 Å². The van der Waals surface area contributed by atoms with Gasteiger partial charge in [0, 0.05) is 24.2 Å². The molecule has 0 atom stereocenters. The maximum atomic E-state index is 13.0. The number of hydrogen-bond donors (Lipinski definition) is 1. The molecule has 3 rings (SSSR count). The standard InChI is InChI=1S/C22H24N2O4/c1-4-23-21(25)20-12-11-19(28-20)16-7-6-8-17(13-16)22(26)24(5-2)14-18-10-9-15(3)27-18/h6-13H,4-5,14H2,1-3H3,(H,23,25). The van der Waals surface area contributed by atoms with Gasteiger partial charge in [-0.1, -0.05) is 12.1 Å². The molecule has 28 heavy (non-hydrogen) atoms. The fraction of sp³-hybridized carbons (Fsp3) is 0.273. The number of nitrogens with zero attached hydrogens (tertiary/aromatic N) is 1. The Hall–Kier alpha value is -3.28. The van der Waals surface area contributed by atoms with Crippen LogP contribution in [0.25, 0.3) is 11.3 Å². The fourth-order valence-electron chi connectivity index (χ4n) is 2.94. The quantitative estimate of drug-likeness (QED) is 0.664. The van der Waals surface area contributed by atoms with Gasteiger partial charge in [-0.05, 0) is 57.2 Å². The first kappa shape index (κ1) is 19.5. The molecule has 1 N–H and O–H groups in total. The third-order valence-corrected chi connectivity index (χ3v) is 4.37. The first-order chi connectivity index (χ1) is 13.5. The van der Waals surface area contributed by atoms with Crippen molar-refractivity contribution in [1.29, 1.82) is 0 Å². The second kappa shape index (κ2) is 8.61. The third-order valence-electron chi connectivity index (χ3n) is 4.37. The van der Waals surface area contributed by atoms with Crippen LogP contribution < -0.4 is 5.32 Å². The van der Waals surface area contributed by atoms with Crippen LogP contribution in [-0.2, 0) is 6.54 Å². The van der Waals surface area contributed by atoms with E-state index in [1.54, 1.807) is 29.2 Å². The van der Waals surface area contributed by atoms with Gasteiger partial charge in [0.1, 0.15) is 17.3 Å². The molecule has 146 valence electrons. The summed E-state index contributed by atoms with van der Waals surface area (Å²) in [7, 11) is 0. The summed E-state index contributed by atoms with van der Waals surface area (Å²) in [4.78, 5) is 26.6. The molecule has 2 heterocycles. The van der Waals surface area contributed by atoms with Crippen LogP contribution in [0.1, 0.15) is 46.3 Å². The summed E-state index contributed by atoms with van der Waals surface area (Å²) in [5.41, 5.74) is 1.30. The van der Waals surface area contributed by atoms with E-state index in [2.05, 4.69) is 5.32 Å². The summed E-state index contributed by atoms with van der Waals surface area (Å²) in [5.74, 6) is 2.01. The van der Waals surface area contributed by atoms with Crippen LogP contribution in [0.2, 0.25) is 0 Å². The second-order valence-corrected chi connectivity index (χ2v) is 6.44. The molecule has 0 radical (unpaired) electrons. The van der Waals surface area contributed by atoms with E-state index in [4.69, 9.17) is 8.83 Å². The number of hydrogen-bond acceptors (Lipinski definition) is 4. The third kappa shape index (κ3) is 4.34. The fourth-order valence-corrected chi connectivity index (χ4v) is 2.94. The highest BCUT2D eigenvalue weighted by molar-refractivity contribution is 5.95. The van der Waals surface area contributed by atoms with Gasteiger partial charge in [0.2, 0.25) is 0 Å². The Balaban J connectivity index is 1.80. The van der Waals surface area contributed by atoms with Crippen molar-refractivity contribution in [2.45, 2.75) is 27.3 Å². The van der Waals surface area contributed by atoms with Crippen LogP contribution in [0.5, 0.6) is 0 Å². The molecule has 2 aromatic heterocycles. The molecule has 0 saturated heterocycles. The van der Waals surface area contributed by atoms with E-state index in [1.807, 2.05) is 45.0 Å². The second-order valence-electron chi connectivity index (χ2n) is 6.44. The molecule has 0 unspecified atom stereocenters. The Morgan fingerprint density at radius 3 is 2.54 bits per heavy atom. The number of benzene rings is 1. The van der Waals surface area contributed by atoms with Gasteiger partial charge in [0.05, 0.1) is 6.54 Å². The molecule has 1 aromatic carbocycles. The van der Waals surface area contributed by atoms with Crippen LogP contribution in [-0.4, -0.2) is 29.8 Å². The summed E-state index contributed by atoms with van der Waals surface area (Å²) in [6, 6.07) is 14.3. The zero-order valence-corrected chi connectivity index (χ0v) is 16.3. The lowest BCUT2D eigenvalue weighted by Crippen LogP contribution is -2.30. The van der Waals surface area contributed by atoms with Gasteiger partial charge < -0.3 is 19.1 Å². The lowest BCUT2D eigenvalue weighted by molar-refractivity contribution is 0.0740. The van der Waals surface area contributed by atoms with Gasteiger partial charge in [-0.25, -0.2) is 0 Å². The van der Waals surface area contributed by atoms with Gasteiger partial charge in [0.25, 0.3) is 11.8 Å². The number of nitrogens with one attached hydrogen (secondary N) is 1. The summed E-state index contributed by atoms with van der Waals surface area (Å²) < 4.78 is 11.2. The summed E-state index contributed by atoms with van der Waals surface area (Å²) >= 11 is 0. The van der Waals surface area contributed by atoms with Crippen LogP contribution in [0.15, 0.2) is 57.4 Å². The minimum Gasteiger partial charge on any atom is -0.464 e. The van der Waals surface area contributed by atoms with Crippen molar-refractivity contribution in [2.24, 2.45) is 0 Å². The maximum Gasteiger partial charge on any atom is 0.287 e. The lowest BCUT2D eigenvalue weighted by Gasteiger charge is -2.20. The molecule has 0 bridgehead atoms. The predicted octanol–water partition coefficient (Wildman–Crippen LogP) is 4.26. The Kier molecular flexibility index (Phi) is 5.99. The number of carbonyl (C=O) groups is 2. The molecule has 0 aliphatic rings. The van der Waals surface area contributed by atoms with Gasteiger partial charge in [-0.3, -0.25) is 9.59 Å². The molecule has 0 fully saturated rings. The molecule has 0 aliphatic carbocycles. The Bertz CT molecular complexity index is 970. The molecule has 0 spiro atoms. The summed E-state index contributed by atoms with van der Waals surface area (Å²) in [6.45, 7) is 7.16. The van der Waals surface area contributed by atoms with E-state index in [0.29, 0.717) is 31.0 Å². The van der Waals surface area contributed by atoms with E-state index in [-0.39, 0.29) is 17.6 Å². The number of furan rings is 2. The minimum atomic E-state index is -0.258. The Labute approximate surface area is 164 Å². The molecular weight excluding hydrogens is 356 g/mol. The number of amides is 2. The SMILES string of the molecule is CCNC(=O)c1ccc(-c2cccc(C(=O)N(CC)Cc3ccc(C)o3)c2)o1. The van der Waals surface area contributed by atoms with Gasteiger partial charge in [-0.2, -0.15) is 0 Å².